The average molecular weight is 135 g/mol. The normalized spacial score (nSPS) is 29.4. The van der Waals surface area contributed by atoms with E-state index in [9.17, 15) is 13.6 Å². The average Bonchev–Trinajstić information content (AvgIpc) is 2.38. The van der Waals surface area contributed by atoms with Crippen molar-refractivity contribution in [3.05, 3.63) is 0 Å². The molecule has 1 fully saturated rings. The van der Waals surface area contributed by atoms with Gasteiger partial charge in [0, 0.05) is 13.5 Å². The van der Waals surface area contributed by atoms with Gasteiger partial charge in [0.15, 0.2) is 0 Å². The fraction of sp³-hybridized carbons (Fsp3) is 0.800. The molecule has 52 valence electrons. The third-order valence-electron chi connectivity index (χ3n) is 1.45. The summed E-state index contributed by atoms with van der Waals surface area (Å²) in [5, 5.41) is 0. The van der Waals surface area contributed by atoms with Crippen molar-refractivity contribution in [1.82, 2.24) is 4.90 Å². The van der Waals surface area contributed by atoms with Crippen molar-refractivity contribution in [3.8, 4) is 0 Å². The third kappa shape index (κ3) is 1.01. The van der Waals surface area contributed by atoms with Gasteiger partial charge in [-0.15, -0.1) is 0 Å². The lowest BCUT2D eigenvalue weighted by Crippen LogP contribution is -2.23. The molecule has 1 rings (SSSR count). The zero-order valence-electron chi connectivity index (χ0n) is 4.97. The highest BCUT2D eigenvalue weighted by molar-refractivity contribution is 5.48. The lowest BCUT2D eigenvalue weighted by molar-refractivity contribution is -0.118. The summed E-state index contributed by atoms with van der Waals surface area (Å²) in [6.45, 7) is 0. The largest absolute Gasteiger partial charge is 0.339 e. The number of hydrogen-bond acceptors (Lipinski definition) is 1. The Morgan fingerprint density at radius 1 is 1.78 bits per heavy atom. The second-order valence-corrected chi connectivity index (χ2v) is 2.25. The first kappa shape index (κ1) is 6.45. The third-order valence-corrected chi connectivity index (χ3v) is 1.45. The molecular formula is C5H7F2NO. The number of carbonyl (C=O) groups excluding carboxylic acids is 1. The van der Waals surface area contributed by atoms with Crippen molar-refractivity contribution in [3.63, 3.8) is 0 Å². The fourth-order valence-electron chi connectivity index (χ4n) is 0.714. The summed E-state index contributed by atoms with van der Waals surface area (Å²) in [6.07, 6.45) is 0.244. The van der Waals surface area contributed by atoms with E-state index in [1.54, 1.807) is 0 Å². The van der Waals surface area contributed by atoms with Crippen LogP contribution in [0, 0.1) is 0 Å². The van der Waals surface area contributed by atoms with E-state index in [-0.39, 0.29) is 6.42 Å². The maximum absolute atomic E-state index is 12.0. The van der Waals surface area contributed by atoms with Crippen LogP contribution in [0.4, 0.5) is 8.78 Å². The van der Waals surface area contributed by atoms with Crippen molar-refractivity contribution in [2.24, 2.45) is 0 Å². The Morgan fingerprint density at radius 3 is 2.33 bits per heavy atom. The lowest BCUT2D eigenvalue weighted by Gasteiger charge is -2.07. The Balaban J connectivity index is 2.42. The quantitative estimate of drug-likeness (QED) is 0.504. The summed E-state index contributed by atoms with van der Waals surface area (Å²) < 4.78 is 24.1. The molecule has 0 bridgehead atoms. The van der Waals surface area contributed by atoms with Gasteiger partial charge in [0.2, 0.25) is 6.41 Å². The van der Waals surface area contributed by atoms with Crippen LogP contribution in [0.1, 0.15) is 6.42 Å². The van der Waals surface area contributed by atoms with Gasteiger partial charge in [0.1, 0.15) is 6.04 Å². The molecule has 9 heavy (non-hydrogen) atoms. The Kier molecular flexibility index (Phi) is 1.18. The van der Waals surface area contributed by atoms with Gasteiger partial charge >= 0.3 is 0 Å². The molecule has 0 N–H and O–H groups in total. The summed E-state index contributed by atoms with van der Waals surface area (Å²) in [5.74, 6) is -2.62. The number of halogens is 2. The van der Waals surface area contributed by atoms with Gasteiger partial charge in [-0.3, -0.25) is 4.79 Å². The smallest absolute Gasteiger partial charge is 0.270 e. The van der Waals surface area contributed by atoms with Crippen LogP contribution in [0.15, 0.2) is 0 Å². The molecule has 0 heterocycles. The molecule has 0 aromatic carbocycles. The van der Waals surface area contributed by atoms with Crippen LogP contribution in [-0.2, 0) is 4.79 Å². The van der Waals surface area contributed by atoms with Gasteiger partial charge in [-0.1, -0.05) is 0 Å². The van der Waals surface area contributed by atoms with E-state index in [1.807, 2.05) is 0 Å². The highest BCUT2D eigenvalue weighted by Gasteiger charge is 2.59. The molecule has 1 atom stereocenters. The predicted molar refractivity (Wildman–Crippen MR) is 27.2 cm³/mol. The molecule has 1 unspecified atom stereocenters. The number of rotatable bonds is 2. The van der Waals surface area contributed by atoms with Crippen molar-refractivity contribution < 1.29 is 13.6 Å². The van der Waals surface area contributed by atoms with Gasteiger partial charge in [-0.2, -0.15) is 0 Å². The van der Waals surface area contributed by atoms with Crippen LogP contribution in [0.3, 0.4) is 0 Å². The zero-order valence-corrected chi connectivity index (χ0v) is 4.97. The summed E-state index contributed by atoms with van der Waals surface area (Å²) in [6, 6.07) is -0.838. The molecular weight excluding hydrogens is 128 g/mol. The Hall–Kier alpha value is -0.670. The van der Waals surface area contributed by atoms with E-state index < -0.39 is 12.0 Å². The van der Waals surface area contributed by atoms with Crippen LogP contribution in [0.5, 0.6) is 0 Å². The first-order valence-electron chi connectivity index (χ1n) is 2.63. The number of amides is 1. The van der Waals surface area contributed by atoms with E-state index >= 15 is 0 Å². The molecule has 2 nitrogen and oxygen atoms in total. The molecule has 0 aromatic heterocycles. The maximum Gasteiger partial charge on any atom is 0.270 e. The second kappa shape index (κ2) is 1.65. The highest BCUT2D eigenvalue weighted by atomic mass is 19.3. The van der Waals surface area contributed by atoms with E-state index in [2.05, 4.69) is 0 Å². The molecule has 0 aliphatic heterocycles. The summed E-state index contributed by atoms with van der Waals surface area (Å²) in [5.41, 5.74) is 0. The maximum atomic E-state index is 12.0. The summed E-state index contributed by atoms with van der Waals surface area (Å²) >= 11 is 0. The number of nitrogens with zero attached hydrogens (tertiary/aromatic N) is 1. The fourth-order valence-corrected chi connectivity index (χ4v) is 0.714. The lowest BCUT2D eigenvalue weighted by atomic mass is 10.6. The van der Waals surface area contributed by atoms with Gasteiger partial charge in [-0.25, -0.2) is 8.78 Å². The first-order valence-corrected chi connectivity index (χ1v) is 2.63. The van der Waals surface area contributed by atoms with Gasteiger partial charge in [0.05, 0.1) is 0 Å². The SMILES string of the molecule is CN(C=O)C1CC1(F)F. The van der Waals surface area contributed by atoms with Crippen LogP contribution < -0.4 is 0 Å². The van der Waals surface area contributed by atoms with Crippen molar-refractivity contribution >= 4 is 6.41 Å². The molecule has 1 amide bonds. The molecule has 0 spiro atoms. The first-order chi connectivity index (χ1) is 4.08. The number of hydrogen-bond donors (Lipinski definition) is 0. The summed E-state index contributed by atoms with van der Waals surface area (Å²) in [4.78, 5) is 10.9. The zero-order chi connectivity index (χ0) is 7.07. The molecule has 0 aromatic rings. The van der Waals surface area contributed by atoms with Crippen LogP contribution >= 0.6 is 0 Å². The number of alkyl halides is 2. The van der Waals surface area contributed by atoms with E-state index in [0.717, 1.165) is 4.90 Å². The van der Waals surface area contributed by atoms with Gasteiger partial charge in [-0.05, 0) is 0 Å². The Labute approximate surface area is 51.4 Å². The van der Waals surface area contributed by atoms with Gasteiger partial charge < -0.3 is 4.90 Å². The van der Waals surface area contributed by atoms with Crippen LogP contribution in [-0.4, -0.2) is 30.3 Å². The van der Waals surface area contributed by atoms with Crippen LogP contribution in [0.25, 0.3) is 0 Å². The molecule has 0 radical (unpaired) electrons. The van der Waals surface area contributed by atoms with Crippen LogP contribution in [0.2, 0.25) is 0 Å². The minimum atomic E-state index is -2.62. The molecule has 4 heteroatoms. The van der Waals surface area contributed by atoms with Gasteiger partial charge in [0.25, 0.3) is 5.92 Å². The van der Waals surface area contributed by atoms with Crippen molar-refractivity contribution in [2.75, 3.05) is 7.05 Å². The second-order valence-electron chi connectivity index (χ2n) is 2.25. The molecule has 1 aliphatic rings. The van der Waals surface area contributed by atoms with E-state index in [1.165, 1.54) is 7.05 Å². The Bertz CT molecular complexity index is 137. The molecule has 0 saturated heterocycles. The molecule has 1 saturated carbocycles. The monoisotopic (exact) mass is 135 g/mol. The molecule has 1 aliphatic carbocycles. The van der Waals surface area contributed by atoms with E-state index in [0.29, 0.717) is 6.41 Å². The topological polar surface area (TPSA) is 20.3 Å². The predicted octanol–water partition coefficient (Wildman–Crippen LogP) is 0.482. The Morgan fingerprint density at radius 2 is 2.22 bits per heavy atom. The summed E-state index contributed by atoms with van der Waals surface area (Å²) in [7, 11) is 1.36. The van der Waals surface area contributed by atoms with Crippen molar-refractivity contribution in [2.45, 2.75) is 18.4 Å². The number of carbonyl (C=O) groups is 1. The minimum absolute atomic E-state index is 0.178. The highest BCUT2D eigenvalue weighted by Crippen LogP contribution is 2.44. The van der Waals surface area contributed by atoms with Crippen molar-refractivity contribution in [1.29, 1.82) is 0 Å². The minimum Gasteiger partial charge on any atom is -0.339 e. The standard InChI is InChI=1S/C5H7F2NO/c1-8(3-9)4-2-5(4,6)7/h3-4H,2H2,1H3. The van der Waals surface area contributed by atoms with E-state index in [4.69, 9.17) is 0 Å².